The highest BCUT2D eigenvalue weighted by molar-refractivity contribution is 7.89. The molecule has 2 amide bonds. The number of rotatable bonds is 9. The van der Waals surface area contributed by atoms with Gasteiger partial charge in [0.15, 0.2) is 11.5 Å². The molecule has 1 heterocycles. The van der Waals surface area contributed by atoms with Crippen LogP contribution in [0.4, 0.5) is 4.79 Å². The lowest BCUT2D eigenvalue weighted by molar-refractivity contribution is -0.130. The Morgan fingerprint density at radius 3 is 2.51 bits per heavy atom. The van der Waals surface area contributed by atoms with Gasteiger partial charge in [-0.1, -0.05) is 6.07 Å². The molecular formula is C22H27N3O9S. The first kappa shape index (κ1) is 26.1. The van der Waals surface area contributed by atoms with Crippen molar-refractivity contribution < 1.29 is 42.2 Å². The first-order chi connectivity index (χ1) is 16.6. The maximum Gasteiger partial charge on any atom is 0.406 e. The number of hydroxylamine groups is 1. The predicted molar refractivity (Wildman–Crippen MR) is 122 cm³/mol. The molecule has 190 valence electrons. The minimum atomic E-state index is -4.29. The van der Waals surface area contributed by atoms with E-state index in [1.807, 2.05) is 12.1 Å². The molecule has 1 aliphatic rings. The van der Waals surface area contributed by atoms with E-state index in [-0.39, 0.29) is 11.7 Å². The topological polar surface area (TPSA) is 162 Å². The summed E-state index contributed by atoms with van der Waals surface area (Å²) in [5.74, 6) is 0.655. The molecule has 0 unspecified atom stereocenters. The molecule has 0 saturated heterocycles. The highest BCUT2D eigenvalue weighted by Crippen LogP contribution is 2.36. The van der Waals surface area contributed by atoms with Crippen molar-refractivity contribution in [3.05, 3.63) is 46.5 Å². The third-order valence-corrected chi connectivity index (χ3v) is 7.22. The van der Waals surface area contributed by atoms with Crippen molar-refractivity contribution in [3.63, 3.8) is 0 Å². The number of methoxy groups -OCH3 is 2. The van der Waals surface area contributed by atoms with Crippen LogP contribution in [-0.2, 0) is 26.0 Å². The van der Waals surface area contributed by atoms with Gasteiger partial charge in [-0.05, 0) is 48.7 Å². The molecule has 35 heavy (non-hydrogen) atoms. The summed E-state index contributed by atoms with van der Waals surface area (Å²) in [5.41, 5.74) is 3.65. The van der Waals surface area contributed by atoms with Crippen molar-refractivity contribution in [3.8, 4) is 17.2 Å². The lowest BCUT2D eigenvalue weighted by atomic mass is 9.97. The van der Waals surface area contributed by atoms with Gasteiger partial charge in [0.25, 0.3) is 5.91 Å². The molecule has 0 fully saturated rings. The van der Waals surface area contributed by atoms with E-state index < -0.39 is 34.6 Å². The molecule has 1 aliphatic heterocycles. The minimum absolute atomic E-state index is 0.0529. The van der Waals surface area contributed by atoms with Gasteiger partial charge in [0.05, 0.1) is 19.1 Å². The van der Waals surface area contributed by atoms with Crippen LogP contribution in [0.25, 0.3) is 0 Å². The second-order valence-electron chi connectivity index (χ2n) is 7.72. The van der Waals surface area contributed by atoms with E-state index in [1.54, 1.807) is 26.0 Å². The molecular weight excluding hydrogens is 482 g/mol. The molecule has 0 aromatic heterocycles. The average molecular weight is 510 g/mol. The molecule has 12 nitrogen and oxygen atoms in total. The van der Waals surface area contributed by atoms with Gasteiger partial charge in [-0.3, -0.25) is 10.0 Å². The van der Waals surface area contributed by atoms with Crippen LogP contribution in [0.1, 0.15) is 22.3 Å². The van der Waals surface area contributed by atoms with Crippen LogP contribution in [0.2, 0.25) is 0 Å². The number of carbonyl (C=O) groups excluding carboxylic acids is 2. The number of alkyl carbamates (subject to hydrolysis) is 1. The van der Waals surface area contributed by atoms with Crippen LogP contribution in [0.3, 0.4) is 0 Å². The number of carbonyl (C=O) groups is 2. The average Bonchev–Trinajstić information content (AvgIpc) is 3.30. The molecule has 13 heteroatoms. The summed E-state index contributed by atoms with van der Waals surface area (Å²) in [6.45, 7) is 2.91. The Morgan fingerprint density at radius 1 is 1.14 bits per heavy atom. The number of sulfonamides is 1. The molecule has 0 radical (unpaired) electrons. The summed E-state index contributed by atoms with van der Waals surface area (Å²) in [4.78, 5) is 23.4. The zero-order chi connectivity index (χ0) is 25.8. The van der Waals surface area contributed by atoms with Gasteiger partial charge in [-0.2, -0.15) is 4.72 Å². The number of amides is 2. The lowest BCUT2D eigenvalue weighted by Gasteiger charge is -2.22. The maximum absolute atomic E-state index is 13.4. The Hall–Kier alpha value is -3.55. The molecule has 0 saturated carbocycles. The molecule has 2 aromatic rings. The second-order valence-corrected chi connectivity index (χ2v) is 9.37. The number of nitrogens with one attached hydrogen (secondary N) is 3. The van der Waals surface area contributed by atoms with E-state index in [9.17, 15) is 18.0 Å². The summed E-state index contributed by atoms with van der Waals surface area (Å²) in [6, 6.07) is 5.52. The van der Waals surface area contributed by atoms with Gasteiger partial charge in [-0.15, -0.1) is 0 Å². The number of benzene rings is 2. The van der Waals surface area contributed by atoms with E-state index in [1.165, 1.54) is 12.6 Å². The smallest absolute Gasteiger partial charge is 0.406 e. The molecule has 1 atom stereocenters. The first-order valence-corrected chi connectivity index (χ1v) is 11.9. The van der Waals surface area contributed by atoms with Gasteiger partial charge >= 0.3 is 6.09 Å². The molecule has 0 spiro atoms. The van der Waals surface area contributed by atoms with Gasteiger partial charge in [-0.25, -0.2) is 18.7 Å². The zero-order valence-corrected chi connectivity index (χ0v) is 20.4. The summed E-state index contributed by atoms with van der Waals surface area (Å²) in [5, 5.41) is 11.3. The van der Waals surface area contributed by atoms with E-state index >= 15 is 0 Å². The third kappa shape index (κ3) is 5.75. The second kappa shape index (κ2) is 10.8. The van der Waals surface area contributed by atoms with Crippen molar-refractivity contribution in [1.82, 2.24) is 15.5 Å². The number of aryl methyl sites for hydroxylation is 1. The normalized spacial score (nSPS) is 13.2. The van der Waals surface area contributed by atoms with Crippen LogP contribution < -0.4 is 29.7 Å². The summed E-state index contributed by atoms with van der Waals surface area (Å²) < 4.78 is 49.7. The molecule has 0 aliphatic carbocycles. The molecule has 2 aromatic carbocycles. The summed E-state index contributed by atoms with van der Waals surface area (Å²) in [6.07, 6.45) is -0.540. The van der Waals surface area contributed by atoms with E-state index in [2.05, 4.69) is 14.8 Å². The summed E-state index contributed by atoms with van der Waals surface area (Å²) >= 11 is 0. The van der Waals surface area contributed by atoms with Crippen LogP contribution in [0.15, 0.2) is 29.2 Å². The van der Waals surface area contributed by atoms with Crippen molar-refractivity contribution in [2.75, 3.05) is 27.6 Å². The summed E-state index contributed by atoms with van der Waals surface area (Å²) in [7, 11) is -1.69. The first-order valence-electron chi connectivity index (χ1n) is 10.4. The Labute approximate surface area is 202 Å². The largest absolute Gasteiger partial charge is 0.496 e. The van der Waals surface area contributed by atoms with Crippen LogP contribution >= 0.6 is 0 Å². The third-order valence-electron chi connectivity index (χ3n) is 5.46. The SMILES string of the molecule is COC(=O)NC[C@@H](NS(=O)(=O)c1c(C)cc(OC)c(Cc2ccc3c(c2)OCO3)c1C)C(=O)NO. The number of fused-ring (bicyclic) bond motifs is 1. The predicted octanol–water partition coefficient (Wildman–Crippen LogP) is 1.14. The Morgan fingerprint density at radius 2 is 1.86 bits per heavy atom. The van der Waals surface area contributed by atoms with Crippen LogP contribution in [0, 0.1) is 13.8 Å². The fourth-order valence-corrected chi connectivity index (χ4v) is 5.50. The van der Waals surface area contributed by atoms with E-state index in [0.29, 0.717) is 40.4 Å². The maximum atomic E-state index is 13.4. The number of ether oxygens (including phenoxy) is 4. The highest BCUT2D eigenvalue weighted by atomic mass is 32.2. The van der Waals surface area contributed by atoms with Crippen molar-refractivity contribution in [1.29, 1.82) is 0 Å². The van der Waals surface area contributed by atoms with Gasteiger partial charge in [0.2, 0.25) is 16.8 Å². The van der Waals surface area contributed by atoms with Crippen molar-refractivity contribution >= 4 is 22.0 Å². The van der Waals surface area contributed by atoms with Crippen LogP contribution in [-0.4, -0.2) is 59.2 Å². The number of hydrogen-bond donors (Lipinski definition) is 4. The van der Waals surface area contributed by atoms with Gasteiger partial charge < -0.3 is 24.3 Å². The van der Waals surface area contributed by atoms with Gasteiger partial charge in [0.1, 0.15) is 11.8 Å². The molecule has 0 bridgehead atoms. The standard InChI is InChI=1S/C22H27N3O9S/c1-12-7-18(31-3)15(8-14-5-6-17-19(9-14)34-11-33-17)13(2)20(12)35(29,30)25-16(21(26)24-28)10-23-22(27)32-4/h5-7,9,16,25,28H,8,10-11H2,1-4H3,(H,23,27)(H,24,26)/t16-/m1/s1. The Balaban J connectivity index is 1.98. The zero-order valence-electron chi connectivity index (χ0n) is 19.6. The van der Waals surface area contributed by atoms with Crippen molar-refractivity contribution in [2.45, 2.75) is 31.2 Å². The minimum Gasteiger partial charge on any atom is -0.496 e. The van der Waals surface area contributed by atoms with Crippen molar-refractivity contribution in [2.24, 2.45) is 0 Å². The Kier molecular flexibility index (Phi) is 8.04. The monoisotopic (exact) mass is 509 g/mol. The Bertz CT molecular complexity index is 1230. The van der Waals surface area contributed by atoms with E-state index in [0.717, 1.165) is 12.7 Å². The highest BCUT2D eigenvalue weighted by Gasteiger charge is 2.30. The fraction of sp³-hybridized carbons (Fsp3) is 0.364. The molecule has 3 rings (SSSR count). The lowest BCUT2D eigenvalue weighted by Crippen LogP contribution is -2.52. The van der Waals surface area contributed by atoms with E-state index in [4.69, 9.17) is 19.4 Å². The fourth-order valence-electron chi connectivity index (χ4n) is 3.81. The quantitative estimate of drug-likeness (QED) is 0.287. The van der Waals surface area contributed by atoms with Gasteiger partial charge in [0, 0.05) is 18.5 Å². The number of hydrogen-bond acceptors (Lipinski definition) is 9. The molecule has 4 N–H and O–H groups in total. The van der Waals surface area contributed by atoms with Crippen LogP contribution in [0.5, 0.6) is 17.2 Å².